The van der Waals surface area contributed by atoms with Crippen molar-refractivity contribution < 1.29 is 5.11 Å². The van der Waals surface area contributed by atoms with Crippen LogP contribution in [0.15, 0.2) is 0 Å². The van der Waals surface area contributed by atoms with Crippen molar-refractivity contribution in [2.24, 2.45) is 0 Å². The number of nitrogens with zero attached hydrogens (tertiary/aromatic N) is 1. The molecule has 2 N–H and O–H groups in total. The van der Waals surface area contributed by atoms with Gasteiger partial charge in [-0.15, -0.1) is 0 Å². The number of hydrogen-bond donors (Lipinski definition) is 2. The van der Waals surface area contributed by atoms with Crippen molar-refractivity contribution in [1.29, 1.82) is 0 Å². The van der Waals surface area contributed by atoms with Gasteiger partial charge in [-0.25, -0.2) is 0 Å². The van der Waals surface area contributed by atoms with E-state index in [9.17, 15) is 5.11 Å². The summed E-state index contributed by atoms with van der Waals surface area (Å²) in [7, 11) is 0. The van der Waals surface area contributed by atoms with Crippen molar-refractivity contribution in [3.05, 3.63) is 0 Å². The van der Waals surface area contributed by atoms with Crippen LogP contribution in [0.5, 0.6) is 0 Å². The van der Waals surface area contributed by atoms with Gasteiger partial charge in [0.2, 0.25) is 0 Å². The maximum Gasteiger partial charge on any atom is 0.0639 e. The Hall–Kier alpha value is -0.120. The van der Waals surface area contributed by atoms with Crippen LogP contribution in [-0.2, 0) is 0 Å². The van der Waals surface area contributed by atoms with Crippen LogP contribution in [0.1, 0.15) is 39.0 Å². The number of likely N-dealkylation sites (tertiary alicyclic amines) is 1. The van der Waals surface area contributed by atoms with Crippen molar-refractivity contribution in [3.63, 3.8) is 0 Å². The average Bonchev–Trinajstić information content (AvgIpc) is 2.89. The van der Waals surface area contributed by atoms with E-state index in [2.05, 4.69) is 10.2 Å². The molecular weight excluding hydrogens is 188 g/mol. The molecule has 2 unspecified atom stereocenters. The Labute approximate surface area is 92.8 Å². The Morgan fingerprint density at radius 1 is 1.40 bits per heavy atom. The quantitative estimate of drug-likeness (QED) is 0.689. The Kier molecular flexibility index (Phi) is 4.00. The van der Waals surface area contributed by atoms with Crippen LogP contribution in [-0.4, -0.2) is 47.8 Å². The first-order valence-corrected chi connectivity index (χ1v) is 6.41. The summed E-state index contributed by atoms with van der Waals surface area (Å²) in [5.74, 6) is 0. The van der Waals surface area contributed by atoms with Gasteiger partial charge in [0, 0.05) is 18.6 Å². The molecular formula is C12H24N2O. The summed E-state index contributed by atoms with van der Waals surface area (Å²) in [5, 5.41) is 13.0. The fraction of sp³-hybridized carbons (Fsp3) is 1.00. The first-order chi connectivity index (χ1) is 7.25. The Balaban J connectivity index is 1.64. The van der Waals surface area contributed by atoms with Crippen LogP contribution in [0.25, 0.3) is 0 Å². The molecule has 3 heteroatoms. The lowest BCUT2D eigenvalue weighted by molar-refractivity contribution is 0.116. The molecule has 3 nitrogen and oxygen atoms in total. The minimum Gasteiger partial charge on any atom is -0.392 e. The fourth-order valence-corrected chi connectivity index (χ4v) is 2.54. The normalized spacial score (nSPS) is 29.6. The molecule has 1 heterocycles. The molecule has 0 aromatic heterocycles. The molecule has 1 aliphatic heterocycles. The Morgan fingerprint density at radius 3 is 2.87 bits per heavy atom. The molecule has 0 spiro atoms. The summed E-state index contributed by atoms with van der Waals surface area (Å²) in [6.45, 7) is 5.08. The van der Waals surface area contributed by atoms with Crippen LogP contribution >= 0.6 is 0 Å². The summed E-state index contributed by atoms with van der Waals surface area (Å²) >= 11 is 0. The molecule has 2 fully saturated rings. The van der Waals surface area contributed by atoms with Crippen molar-refractivity contribution in [2.75, 3.05) is 19.6 Å². The maximum absolute atomic E-state index is 9.40. The number of rotatable bonds is 6. The average molecular weight is 212 g/mol. The van der Waals surface area contributed by atoms with Gasteiger partial charge in [-0.05, 0) is 52.1 Å². The second-order valence-corrected chi connectivity index (χ2v) is 5.16. The van der Waals surface area contributed by atoms with E-state index in [-0.39, 0.29) is 6.10 Å². The highest BCUT2D eigenvalue weighted by Gasteiger charge is 2.26. The Morgan fingerprint density at radius 2 is 2.20 bits per heavy atom. The Bertz CT molecular complexity index is 192. The van der Waals surface area contributed by atoms with Gasteiger partial charge in [0.1, 0.15) is 0 Å². The zero-order valence-corrected chi connectivity index (χ0v) is 9.78. The van der Waals surface area contributed by atoms with E-state index < -0.39 is 0 Å². The van der Waals surface area contributed by atoms with Gasteiger partial charge in [0.05, 0.1) is 6.10 Å². The second-order valence-electron chi connectivity index (χ2n) is 5.16. The number of hydrogen-bond acceptors (Lipinski definition) is 3. The van der Waals surface area contributed by atoms with Gasteiger partial charge in [-0.3, -0.25) is 4.90 Å². The zero-order valence-electron chi connectivity index (χ0n) is 9.78. The highest BCUT2D eigenvalue weighted by atomic mass is 16.3. The predicted octanol–water partition coefficient (Wildman–Crippen LogP) is 0.974. The van der Waals surface area contributed by atoms with Crippen LogP contribution in [0.4, 0.5) is 0 Å². The molecule has 0 aromatic carbocycles. The van der Waals surface area contributed by atoms with Crippen LogP contribution in [0.3, 0.4) is 0 Å². The summed E-state index contributed by atoms with van der Waals surface area (Å²) < 4.78 is 0. The molecule has 2 atom stereocenters. The van der Waals surface area contributed by atoms with Crippen molar-refractivity contribution in [2.45, 2.75) is 57.2 Å². The highest BCUT2D eigenvalue weighted by Crippen LogP contribution is 2.22. The van der Waals surface area contributed by atoms with Crippen molar-refractivity contribution in [1.82, 2.24) is 10.2 Å². The SMILES string of the molecule is CC(O)CN1CCCC1CCNC1CC1. The lowest BCUT2D eigenvalue weighted by Gasteiger charge is -2.25. The lowest BCUT2D eigenvalue weighted by atomic mass is 10.1. The van der Waals surface area contributed by atoms with Gasteiger partial charge in [-0.2, -0.15) is 0 Å². The smallest absolute Gasteiger partial charge is 0.0639 e. The molecule has 2 aliphatic rings. The molecule has 1 saturated carbocycles. The fourth-order valence-electron chi connectivity index (χ4n) is 2.54. The third-order valence-electron chi connectivity index (χ3n) is 3.49. The van der Waals surface area contributed by atoms with Crippen LogP contribution in [0.2, 0.25) is 0 Å². The molecule has 1 aliphatic carbocycles. The van der Waals surface area contributed by atoms with Gasteiger partial charge >= 0.3 is 0 Å². The molecule has 1 saturated heterocycles. The predicted molar refractivity (Wildman–Crippen MR) is 61.9 cm³/mol. The lowest BCUT2D eigenvalue weighted by Crippen LogP contribution is -2.37. The number of aliphatic hydroxyl groups is 1. The first kappa shape index (κ1) is 11.4. The number of β-amino-alcohol motifs (C(OH)–C–C–N with tert-alkyl or cyclic N) is 1. The third kappa shape index (κ3) is 3.74. The number of aliphatic hydroxyl groups excluding tert-OH is 1. The summed E-state index contributed by atoms with van der Waals surface area (Å²) in [4.78, 5) is 2.46. The van der Waals surface area contributed by atoms with Gasteiger partial charge < -0.3 is 10.4 Å². The maximum atomic E-state index is 9.40. The van der Waals surface area contributed by atoms with E-state index in [1.165, 1.54) is 38.6 Å². The minimum atomic E-state index is -0.179. The summed E-state index contributed by atoms with van der Waals surface area (Å²) in [5.41, 5.74) is 0. The monoisotopic (exact) mass is 212 g/mol. The van der Waals surface area contributed by atoms with Crippen molar-refractivity contribution in [3.8, 4) is 0 Å². The topological polar surface area (TPSA) is 35.5 Å². The van der Waals surface area contributed by atoms with E-state index in [0.717, 1.165) is 19.1 Å². The standard InChI is InChI=1S/C12H24N2O/c1-10(15)9-14-8-2-3-12(14)6-7-13-11-4-5-11/h10-13,15H,2-9H2,1H3. The van der Waals surface area contributed by atoms with Gasteiger partial charge in [0.25, 0.3) is 0 Å². The zero-order chi connectivity index (χ0) is 10.7. The molecule has 0 radical (unpaired) electrons. The molecule has 0 amide bonds. The summed E-state index contributed by atoms with van der Waals surface area (Å²) in [6.07, 6.45) is 6.45. The molecule has 2 rings (SSSR count). The number of nitrogens with one attached hydrogen (secondary N) is 1. The van der Waals surface area contributed by atoms with Crippen LogP contribution in [0, 0.1) is 0 Å². The van der Waals surface area contributed by atoms with Gasteiger partial charge in [-0.1, -0.05) is 0 Å². The molecule has 0 bridgehead atoms. The van der Waals surface area contributed by atoms with Crippen LogP contribution < -0.4 is 5.32 Å². The van der Waals surface area contributed by atoms with E-state index >= 15 is 0 Å². The molecule has 15 heavy (non-hydrogen) atoms. The largest absolute Gasteiger partial charge is 0.392 e. The molecule has 88 valence electrons. The second kappa shape index (κ2) is 5.28. The highest BCUT2D eigenvalue weighted by molar-refractivity contribution is 4.84. The van der Waals surface area contributed by atoms with Gasteiger partial charge in [0.15, 0.2) is 0 Å². The molecule has 0 aromatic rings. The van der Waals surface area contributed by atoms with E-state index in [0.29, 0.717) is 6.04 Å². The summed E-state index contributed by atoms with van der Waals surface area (Å²) in [6, 6.07) is 1.54. The van der Waals surface area contributed by atoms with E-state index in [4.69, 9.17) is 0 Å². The van der Waals surface area contributed by atoms with Crippen molar-refractivity contribution >= 4 is 0 Å². The van der Waals surface area contributed by atoms with E-state index in [1.807, 2.05) is 6.92 Å². The first-order valence-electron chi connectivity index (χ1n) is 6.41. The van der Waals surface area contributed by atoms with E-state index in [1.54, 1.807) is 0 Å². The third-order valence-corrected chi connectivity index (χ3v) is 3.49. The minimum absolute atomic E-state index is 0.179.